The molecule has 0 aliphatic rings. The lowest BCUT2D eigenvalue weighted by Gasteiger charge is -2.10. The lowest BCUT2D eigenvalue weighted by Crippen LogP contribution is -2.15. The summed E-state index contributed by atoms with van der Waals surface area (Å²) < 4.78 is 5.10. The van der Waals surface area contributed by atoms with Crippen molar-refractivity contribution in [2.45, 2.75) is 25.9 Å². The lowest BCUT2D eigenvalue weighted by atomic mass is 10.2. The predicted molar refractivity (Wildman–Crippen MR) is 81.7 cm³/mol. The molecule has 5 heteroatoms. The van der Waals surface area contributed by atoms with Gasteiger partial charge in [0.05, 0.1) is 17.7 Å². The van der Waals surface area contributed by atoms with Gasteiger partial charge in [-0.25, -0.2) is 0 Å². The zero-order valence-corrected chi connectivity index (χ0v) is 12.5. The first kappa shape index (κ1) is 16.5. The maximum atomic E-state index is 11.8. The van der Waals surface area contributed by atoms with Gasteiger partial charge in [-0.05, 0) is 31.5 Å². The summed E-state index contributed by atoms with van der Waals surface area (Å²) in [5.74, 6) is 5.54. The number of ether oxygens (including phenoxy) is 1. The highest BCUT2D eigenvalue weighted by molar-refractivity contribution is 6.31. The second-order valence-electron chi connectivity index (χ2n) is 4.33. The van der Waals surface area contributed by atoms with Gasteiger partial charge in [0, 0.05) is 24.8 Å². The molecule has 1 aromatic carbocycles. The van der Waals surface area contributed by atoms with Crippen LogP contribution in [0.2, 0.25) is 5.02 Å². The quantitative estimate of drug-likeness (QED) is 0.820. The fraction of sp³-hybridized carbons (Fsp3) is 0.400. The number of halogens is 1. The van der Waals surface area contributed by atoms with Gasteiger partial charge in [-0.1, -0.05) is 23.4 Å². The first-order chi connectivity index (χ1) is 9.56. The Hall–Kier alpha value is -1.54. The molecule has 0 heterocycles. The summed E-state index contributed by atoms with van der Waals surface area (Å²) in [7, 11) is 1.63. The molecule has 1 atom stereocenters. The standard InChI is InChI=1S/C15H19ClN2O2/c1-11(20-2)5-8-15(19)18-13-6-7-14(16)12(10-13)4-3-9-17/h6-7,10-11H,5,8-9,17H2,1-2H3,(H,18,19). The van der Waals surface area contributed by atoms with Crippen molar-refractivity contribution in [3.8, 4) is 11.8 Å². The molecule has 0 radical (unpaired) electrons. The van der Waals surface area contributed by atoms with Crippen LogP contribution in [0.1, 0.15) is 25.3 Å². The van der Waals surface area contributed by atoms with Gasteiger partial charge in [-0.15, -0.1) is 0 Å². The molecule has 20 heavy (non-hydrogen) atoms. The third-order valence-corrected chi connectivity index (χ3v) is 3.09. The molecule has 0 aliphatic heterocycles. The van der Waals surface area contributed by atoms with Crippen molar-refractivity contribution in [3.05, 3.63) is 28.8 Å². The smallest absolute Gasteiger partial charge is 0.224 e. The number of nitrogens with two attached hydrogens (primary N) is 1. The molecule has 108 valence electrons. The van der Waals surface area contributed by atoms with Gasteiger partial charge in [-0.2, -0.15) is 0 Å². The molecule has 0 spiro atoms. The van der Waals surface area contributed by atoms with Gasteiger partial charge in [0.15, 0.2) is 0 Å². The molecule has 3 N–H and O–H groups in total. The lowest BCUT2D eigenvalue weighted by molar-refractivity contribution is -0.116. The van der Waals surface area contributed by atoms with E-state index in [2.05, 4.69) is 17.2 Å². The molecule has 1 aromatic rings. The number of carbonyl (C=O) groups excluding carboxylic acids is 1. The fourth-order valence-corrected chi connectivity index (χ4v) is 1.69. The number of benzene rings is 1. The Morgan fingerprint density at radius 3 is 2.95 bits per heavy atom. The normalized spacial score (nSPS) is 11.4. The SMILES string of the molecule is COC(C)CCC(=O)Nc1ccc(Cl)c(C#CCN)c1. The van der Waals surface area contributed by atoms with Crippen molar-refractivity contribution in [1.82, 2.24) is 0 Å². The van der Waals surface area contributed by atoms with Crippen molar-refractivity contribution in [3.63, 3.8) is 0 Å². The zero-order chi connectivity index (χ0) is 15.0. The van der Waals surface area contributed by atoms with E-state index < -0.39 is 0 Å². The van der Waals surface area contributed by atoms with Crippen LogP contribution in [-0.2, 0) is 9.53 Å². The van der Waals surface area contributed by atoms with Gasteiger partial charge >= 0.3 is 0 Å². The average Bonchev–Trinajstić information content (AvgIpc) is 2.45. The largest absolute Gasteiger partial charge is 0.382 e. The Labute approximate surface area is 124 Å². The number of amides is 1. The minimum Gasteiger partial charge on any atom is -0.382 e. The molecule has 0 saturated carbocycles. The van der Waals surface area contributed by atoms with E-state index in [9.17, 15) is 4.79 Å². The van der Waals surface area contributed by atoms with Gasteiger partial charge < -0.3 is 15.8 Å². The number of methoxy groups -OCH3 is 1. The second kappa shape index (κ2) is 8.60. The second-order valence-corrected chi connectivity index (χ2v) is 4.74. The van der Waals surface area contributed by atoms with E-state index in [0.717, 1.165) is 0 Å². The van der Waals surface area contributed by atoms with Crippen molar-refractivity contribution < 1.29 is 9.53 Å². The summed E-state index contributed by atoms with van der Waals surface area (Å²) in [6.45, 7) is 2.19. The van der Waals surface area contributed by atoms with Crippen LogP contribution in [0.15, 0.2) is 18.2 Å². The Morgan fingerprint density at radius 2 is 2.30 bits per heavy atom. The molecular weight excluding hydrogens is 276 g/mol. The summed E-state index contributed by atoms with van der Waals surface area (Å²) in [5, 5.41) is 3.35. The number of hydrogen-bond donors (Lipinski definition) is 2. The van der Waals surface area contributed by atoms with Crippen molar-refractivity contribution in [2.75, 3.05) is 19.0 Å². The summed E-state index contributed by atoms with van der Waals surface area (Å²) in [4.78, 5) is 11.8. The molecule has 0 aromatic heterocycles. The summed E-state index contributed by atoms with van der Waals surface area (Å²) in [6, 6.07) is 5.19. The molecule has 0 bridgehead atoms. The van der Waals surface area contributed by atoms with E-state index in [1.807, 2.05) is 6.92 Å². The number of hydrogen-bond acceptors (Lipinski definition) is 3. The van der Waals surface area contributed by atoms with Crippen LogP contribution < -0.4 is 11.1 Å². The minimum atomic E-state index is -0.0612. The van der Waals surface area contributed by atoms with Crippen LogP contribution in [0.5, 0.6) is 0 Å². The molecule has 4 nitrogen and oxygen atoms in total. The Kier molecular flexibility index (Phi) is 7.10. The topological polar surface area (TPSA) is 64.3 Å². The third-order valence-electron chi connectivity index (χ3n) is 2.76. The molecule has 1 amide bonds. The van der Waals surface area contributed by atoms with Crippen LogP contribution in [-0.4, -0.2) is 25.7 Å². The fourth-order valence-electron chi connectivity index (χ4n) is 1.52. The van der Waals surface area contributed by atoms with Crippen LogP contribution in [0.25, 0.3) is 0 Å². The van der Waals surface area contributed by atoms with Gasteiger partial charge in [0.2, 0.25) is 5.91 Å². The molecule has 0 aliphatic carbocycles. The molecule has 1 unspecified atom stereocenters. The Bertz CT molecular complexity index is 520. The van der Waals surface area contributed by atoms with E-state index >= 15 is 0 Å². The molecule has 1 rings (SSSR count). The number of rotatable bonds is 5. The monoisotopic (exact) mass is 294 g/mol. The Morgan fingerprint density at radius 1 is 1.55 bits per heavy atom. The average molecular weight is 295 g/mol. The number of anilines is 1. The molecule has 0 fully saturated rings. The molecule has 0 saturated heterocycles. The first-order valence-electron chi connectivity index (χ1n) is 6.38. The van der Waals surface area contributed by atoms with Crippen molar-refractivity contribution in [2.24, 2.45) is 5.73 Å². The maximum Gasteiger partial charge on any atom is 0.224 e. The van der Waals surface area contributed by atoms with E-state index in [4.69, 9.17) is 22.1 Å². The van der Waals surface area contributed by atoms with Crippen LogP contribution in [0.4, 0.5) is 5.69 Å². The molecular formula is C15H19ClN2O2. The highest BCUT2D eigenvalue weighted by Crippen LogP contribution is 2.20. The minimum absolute atomic E-state index is 0.0612. The van der Waals surface area contributed by atoms with Crippen LogP contribution in [0.3, 0.4) is 0 Å². The number of nitrogens with one attached hydrogen (secondary N) is 1. The van der Waals surface area contributed by atoms with Gasteiger partial charge in [-0.3, -0.25) is 4.79 Å². The van der Waals surface area contributed by atoms with Gasteiger partial charge in [0.1, 0.15) is 0 Å². The van der Waals surface area contributed by atoms with Crippen molar-refractivity contribution in [1.29, 1.82) is 0 Å². The number of carbonyl (C=O) groups is 1. The third kappa shape index (κ3) is 5.62. The predicted octanol–water partition coefficient (Wildman–Crippen LogP) is 2.40. The summed E-state index contributed by atoms with van der Waals surface area (Å²) in [5.41, 5.74) is 6.65. The van der Waals surface area contributed by atoms with Crippen molar-refractivity contribution >= 4 is 23.2 Å². The van der Waals surface area contributed by atoms with Gasteiger partial charge in [0.25, 0.3) is 0 Å². The van der Waals surface area contributed by atoms with E-state index in [1.54, 1.807) is 25.3 Å². The van der Waals surface area contributed by atoms with E-state index in [0.29, 0.717) is 29.1 Å². The highest BCUT2D eigenvalue weighted by atomic mass is 35.5. The van der Waals surface area contributed by atoms with Crippen LogP contribution in [0, 0.1) is 11.8 Å². The van der Waals surface area contributed by atoms with E-state index in [1.165, 1.54) is 0 Å². The van der Waals surface area contributed by atoms with E-state index in [-0.39, 0.29) is 18.6 Å². The maximum absolute atomic E-state index is 11.8. The Balaban J connectivity index is 2.66. The summed E-state index contributed by atoms with van der Waals surface area (Å²) in [6.07, 6.45) is 1.15. The highest BCUT2D eigenvalue weighted by Gasteiger charge is 2.07. The summed E-state index contributed by atoms with van der Waals surface area (Å²) >= 11 is 6.02. The first-order valence-corrected chi connectivity index (χ1v) is 6.75. The van der Waals surface area contributed by atoms with Crippen LogP contribution >= 0.6 is 11.6 Å². The zero-order valence-electron chi connectivity index (χ0n) is 11.7.